The maximum absolute atomic E-state index is 5.25. The van der Waals surface area contributed by atoms with E-state index < -0.39 is 0 Å². The highest BCUT2D eigenvalue weighted by Gasteiger charge is 2.03. The molecule has 84 valence electrons. The maximum atomic E-state index is 5.25. The van der Waals surface area contributed by atoms with Gasteiger partial charge in [0.1, 0.15) is 10.8 Å². The van der Waals surface area contributed by atoms with Crippen molar-refractivity contribution in [1.29, 1.82) is 0 Å². The van der Waals surface area contributed by atoms with Crippen molar-refractivity contribution in [1.82, 2.24) is 15.0 Å². The Kier molecular flexibility index (Phi) is 3.28. The standard InChI is InChI=1S/C9H12N6S/c1-6-4-13-9(15-10)14-8(6)12-5-7-11-2-3-16-7/h2-4H,5,10H2,1H3,(H2,12,13,14,15). The number of nitrogens with zero attached hydrogens (tertiary/aromatic N) is 3. The minimum absolute atomic E-state index is 0.396. The molecular weight excluding hydrogens is 224 g/mol. The Labute approximate surface area is 96.9 Å². The number of aryl methyl sites for hydroxylation is 1. The van der Waals surface area contributed by atoms with Crippen molar-refractivity contribution in [2.45, 2.75) is 13.5 Å². The molecule has 0 aliphatic rings. The SMILES string of the molecule is Cc1cnc(NN)nc1NCc1nccs1. The third kappa shape index (κ3) is 2.44. The molecule has 0 unspecified atom stereocenters. The molecule has 7 heteroatoms. The van der Waals surface area contributed by atoms with Crippen LogP contribution in [0.3, 0.4) is 0 Å². The predicted octanol–water partition coefficient (Wildman–Crippen LogP) is 1.14. The molecule has 16 heavy (non-hydrogen) atoms. The van der Waals surface area contributed by atoms with E-state index in [0.29, 0.717) is 12.5 Å². The predicted molar refractivity (Wildman–Crippen MR) is 64.0 cm³/mol. The first-order valence-corrected chi connectivity index (χ1v) is 5.60. The zero-order valence-corrected chi connectivity index (χ0v) is 9.58. The molecular formula is C9H12N6S. The Bertz CT molecular complexity index is 455. The first-order valence-electron chi connectivity index (χ1n) is 4.72. The minimum Gasteiger partial charge on any atom is -0.363 e. The van der Waals surface area contributed by atoms with Gasteiger partial charge in [-0.1, -0.05) is 0 Å². The summed E-state index contributed by atoms with van der Waals surface area (Å²) in [6.45, 7) is 2.59. The Balaban J connectivity index is 2.08. The van der Waals surface area contributed by atoms with Gasteiger partial charge in [-0.05, 0) is 6.92 Å². The van der Waals surface area contributed by atoms with Crippen molar-refractivity contribution < 1.29 is 0 Å². The molecule has 6 nitrogen and oxygen atoms in total. The summed E-state index contributed by atoms with van der Waals surface area (Å²) in [4.78, 5) is 12.4. The molecule has 0 saturated heterocycles. The van der Waals surface area contributed by atoms with E-state index in [4.69, 9.17) is 5.84 Å². The highest BCUT2D eigenvalue weighted by atomic mass is 32.1. The number of hydrazine groups is 1. The molecule has 0 bridgehead atoms. The fourth-order valence-corrected chi connectivity index (χ4v) is 1.75. The van der Waals surface area contributed by atoms with E-state index in [1.54, 1.807) is 23.7 Å². The lowest BCUT2D eigenvalue weighted by atomic mass is 10.3. The second-order valence-electron chi connectivity index (χ2n) is 3.15. The molecule has 0 amide bonds. The van der Waals surface area contributed by atoms with Crippen LogP contribution in [-0.2, 0) is 6.54 Å². The molecule has 2 rings (SSSR count). The van der Waals surface area contributed by atoms with Crippen molar-refractivity contribution in [2.75, 3.05) is 10.7 Å². The van der Waals surface area contributed by atoms with Crippen molar-refractivity contribution >= 4 is 23.1 Å². The summed E-state index contributed by atoms with van der Waals surface area (Å²) in [5, 5.41) is 6.15. The second-order valence-corrected chi connectivity index (χ2v) is 4.13. The summed E-state index contributed by atoms with van der Waals surface area (Å²) >= 11 is 1.60. The van der Waals surface area contributed by atoms with Gasteiger partial charge in [0, 0.05) is 23.3 Å². The molecule has 2 aromatic heterocycles. The number of thiazole rings is 1. The van der Waals surface area contributed by atoms with Crippen LogP contribution < -0.4 is 16.6 Å². The molecule has 0 aliphatic carbocycles. The maximum Gasteiger partial charge on any atom is 0.239 e. The van der Waals surface area contributed by atoms with Crippen LogP contribution in [0.15, 0.2) is 17.8 Å². The fraction of sp³-hybridized carbons (Fsp3) is 0.222. The monoisotopic (exact) mass is 236 g/mol. The van der Waals surface area contributed by atoms with Crippen LogP contribution in [0.2, 0.25) is 0 Å². The number of nitrogens with two attached hydrogens (primary N) is 1. The lowest BCUT2D eigenvalue weighted by Gasteiger charge is -2.07. The van der Waals surface area contributed by atoms with Gasteiger partial charge in [-0.3, -0.25) is 5.43 Å². The first kappa shape index (κ1) is 10.8. The Morgan fingerprint density at radius 2 is 2.31 bits per heavy atom. The van der Waals surface area contributed by atoms with Crippen molar-refractivity contribution in [3.63, 3.8) is 0 Å². The number of hydrogen-bond donors (Lipinski definition) is 3. The van der Waals surface area contributed by atoms with Crippen LogP contribution in [0, 0.1) is 6.92 Å². The molecule has 0 aromatic carbocycles. The molecule has 0 radical (unpaired) electrons. The number of nitrogens with one attached hydrogen (secondary N) is 2. The third-order valence-corrected chi connectivity index (χ3v) is 2.77. The van der Waals surface area contributed by atoms with Gasteiger partial charge in [-0.15, -0.1) is 11.3 Å². The van der Waals surface area contributed by atoms with Crippen LogP contribution in [0.5, 0.6) is 0 Å². The van der Waals surface area contributed by atoms with Crippen molar-refractivity contribution in [3.8, 4) is 0 Å². The van der Waals surface area contributed by atoms with Gasteiger partial charge >= 0.3 is 0 Å². The van der Waals surface area contributed by atoms with Crippen LogP contribution in [0.4, 0.5) is 11.8 Å². The van der Waals surface area contributed by atoms with E-state index in [1.807, 2.05) is 12.3 Å². The number of rotatable bonds is 4. The molecule has 0 atom stereocenters. The summed E-state index contributed by atoms with van der Waals surface area (Å²) in [5.41, 5.74) is 3.38. The van der Waals surface area contributed by atoms with Crippen LogP contribution in [-0.4, -0.2) is 15.0 Å². The third-order valence-electron chi connectivity index (χ3n) is 1.99. The molecule has 0 spiro atoms. The average molecular weight is 236 g/mol. The zero-order chi connectivity index (χ0) is 11.4. The van der Waals surface area contributed by atoms with E-state index >= 15 is 0 Å². The molecule has 4 N–H and O–H groups in total. The van der Waals surface area contributed by atoms with E-state index in [0.717, 1.165) is 16.4 Å². The second kappa shape index (κ2) is 4.86. The van der Waals surface area contributed by atoms with E-state index in [2.05, 4.69) is 25.7 Å². The summed E-state index contributed by atoms with van der Waals surface area (Å²) in [6, 6.07) is 0. The number of hydrogen-bond acceptors (Lipinski definition) is 7. The minimum atomic E-state index is 0.396. The summed E-state index contributed by atoms with van der Waals surface area (Å²) in [7, 11) is 0. The average Bonchev–Trinajstić information content (AvgIpc) is 2.81. The number of aromatic nitrogens is 3. The molecule has 0 saturated carbocycles. The van der Waals surface area contributed by atoms with Crippen LogP contribution >= 0.6 is 11.3 Å². The molecule has 2 aromatic rings. The largest absolute Gasteiger partial charge is 0.363 e. The molecule has 0 aliphatic heterocycles. The van der Waals surface area contributed by atoms with E-state index in [-0.39, 0.29) is 0 Å². The Hall–Kier alpha value is -1.73. The smallest absolute Gasteiger partial charge is 0.239 e. The Morgan fingerprint density at radius 3 is 3.00 bits per heavy atom. The molecule has 2 heterocycles. The number of nitrogen functional groups attached to an aromatic ring is 1. The van der Waals surface area contributed by atoms with Crippen molar-refractivity contribution in [2.24, 2.45) is 5.84 Å². The van der Waals surface area contributed by atoms with Gasteiger partial charge < -0.3 is 5.32 Å². The molecule has 0 fully saturated rings. The lowest BCUT2D eigenvalue weighted by molar-refractivity contribution is 1.03. The summed E-state index contributed by atoms with van der Waals surface area (Å²) < 4.78 is 0. The highest BCUT2D eigenvalue weighted by Crippen LogP contribution is 2.14. The van der Waals surface area contributed by atoms with Crippen LogP contribution in [0.1, 0.15) is 10.6 Å². The van der Waals surface area contributed by atoms with Gasteiger partial charge in [-0.25, -0.2) is 15.8 Å². The van der Waals surface area contributed by atoms with E-state index in [1.165, 1.54) is 0 Å². The summed E-state index contributed by atoms with van der Waals surface area (Å²) in [5.74, 6) is 6.40. The van der Waals surface area contributed by atoms with E-state index in [9.17, 15) is 0 Å². The fourth-order valence-electron chi connectivity index (χ4n) is 1.19. The highest BCUT2D eigenvalue weighted by molar-refractivity contribution is 7.09. The van der Waals surface area contributed by atoms with Gasteiger partial charge in [0.25, 0.3) is 0 Å². The zero-order valence-electron chi connectivity index (χ0n) is 8.77. The van der Waals surface area contributed by atoms with Gasteiger partial charge in [-0.2, -0.15) is 4.98 Å². The van der Waals surface area contributed by atoms with Crippen molar-refractivity contribution in [3.05, 3.63) is 28.3 Å². The Morgan fingerprint density at radius 1 is 1.44 bits per heavy atom. The normalized spacial score (nSPS) is 10.1. The van der Waals surface area contributed by atoms with Gasteiger partial charge in [0.15, 0.2) is 0 Å². The number of anilines is 2. The first-order chi connectivity index (χ1) is 7.79. The topological polar surface area (TPSA) is 88.8 Å². The van der Waals surface area contributed by atoms with Crippen LogP contribution in [0.25, 0.3) is 0 Å². The van der Waals surface area contributed by atoms with Gasteiger partial charge in [0.05, 0.1) is 6.54 Å². The lowest BCUT2D eigenvalue weighted by Crippen LogP contribution is -2.12. The summed E-state index contributed by atoms with van der Waals surface area (Å²) in [6.07, 6.45) is 3.49. The quantitative estimate of drug-likeness (QED) is 0.545. The van der Waals surface area contributed by atoms with Gasteiger partial charge in [0.2, 0.25) is 5.95 Å².